The van der Waals surface area contributed by atoms with Crippen molar-refractivity contribution in [1.29, 1.82) is 0 Å². The van der Waals surface area contributed by atoms with Crippen molar-refractivity contribution in [1.82, 2.24) is 10.2 Å². The standard InChI is InChI=1S/C28H35N3O4/c1-28(2,3)21-12-13-24-23(17-21)31(26(33)19-35-24)18-25(32)30-16-8-7-11-22(30)14-15-29-27(34)20-9-5-4-6-10-20/h4-6,9-10,12-13,17,22H,7-8,11,14-16,18-19H2,1-3H3,(H,29,34). The molecule has 3 amide bonds. The number of amides is 3. The number of nitrogens with zero attached hydrogens (tertiary/aromatic N) is 2. The molecule has 2 aliphatic rings. The van der Waals surface area contributed by atoms with Crippen LogP contribution in [0.5, 0.6) is 5.75 Å². The molecule has 2 heterocycles. The Morgan fingerprint density at radius 3 is 2.60 bits per heavy atom. The van der Waals surface area contributed by atoms with Crippen LogP contribution in [0.25, 0.3) is 0 Å². The van der Waals surface area contributed by atoms with Crippen LogP contribution in [0.3, 0.4) is 0 Å². The number of carbonyl (C=O) groups excluding carboxylic acids is 3. The Morgan fingerprint density at radius 1 is 1.09 bits per heavy atom. The van der Waals surface area contributed by atoms with Crippen molar-refractivity contribution in [3.05, 3.63) is 59.7 Å². The topological polar surface area (TPSA) is 79.0 Å². The van der Waals surface area contributed by atoms with Gasteiger partial charge in [0.15, 0.2) is 6.61 Å². The molecule has 35 heavy (non-hydrogen) atoms. The van der Waals surface area contributed by atoms with Gasteiger partial charge in [0.2, 0.25) is 5.91 Å². The molecule has 2 aliphatic heterocycles. The Bertz CT molecular complexity index is 1080. The van der Waals surface area contributed by atoms with E-state index in [9.17, 15) is 14.4 Å². The molecule has 1 N–H and O–H groups in total. The smallest absolute Gasteiger partial charge is 0.265 e. The Balaban J connectivity index is 1.42. The quantitative estimate of drug-likeness (QED) is 0.684. The summed E-state index contributed by atoms with van der Waals surface area (Å²) in [6.45, 7) is 7.44. The monoisotopic (exact) mass is 477 g/mol. The molecule has 7 heteroatoms. The number of fused-ring (bicyclic) bond motifs is 1. The van der Waals surface area contributed by atoms with E-state index in [1.807, 2.05) is 41.3 Å². The van der Waals surface area contributed by atoms with Crippen molar-refractivity contribution in [2.75, 3.05) is 31.1 Å². The number of nitrogens with one attached hydrogen (secondary N) is 1. The number of benzene rings is 2. The molecule has 0 aliphatic carbocycles. The fourth-order valence-corrected chi connectivity index (χ4v) is 4.74. The third kappa shape index (κ3) is 5.84. The Morgan fingerprint density at radius 2 is 1.86 bits per heavy atom. The molecule has 1 saturated heterocycles. The number of likely N-dealkylation sites (tertiary alicyclic amines) is 1. The van der Waals surface area contributed by atoms with Gasteiger partial charge in [-0.1, -0.05) is 45.0 Å². The van der Waals surface area contributed by atoms with E-state index in [0.717, 1.165) is 24.8 Å². The minimum atomic E-state index is -0.208. The van der Waals surface area contributed by atoms with Gasteiger partial charge in [-0.25, -0.2) is 0 Å². The number of hydrogen-bond acceptors (Lipinski definition) is 4. The minimum absolute atomic E-state index is 0.00430. The van der Waals surface area contributed by atoms with Crippen molar-refractivity contribution in [3.63, 3.8) is 0 Å². The SMILES string of the molecule is CC(C)(C)c1ccc2c(c1)N(CC(=O)N1CCCCC1CCNC(=O)c1ccccc1)C(=O)CO2. The van der Waals surface area contributed by atoms with Gasteiger partial charge in [-0.2, -0.15) is 0 Å². The van der Waals surface area contributed by atoms with E-state index in [1.54, 1.807) is 17.0 Å². The molecule has 186 valence electrons. The first-order valence-electron chi connectivity index (χ1n) is 12.4. The van der Waals surface area contributed by atoms with Crippen molar-refractivity contribution in [3.8, 4) is 5.75 Å². The van der Waals surface area contributed by atoms with E-state index in [4.69, 9.17) is 4.74 Å². The third-order valence-corrected chi connectivity index (χ3v) is 6.81. The Kier molecular flexibility index (Phi) is 7.43. The number of anilines is 1. The fraction of sp³-hybridized carbons (Fsp3) is 0.464. The molecular weight excluding hydrogens is 442 g/mol. The van der Waals surface area contributed by atoms with Gasteiger partial charge in [-0.05, 0) is 60.9 Å². The summed E-state index contributed by atoms with van der Waals surface area (Å²) >= 11 is 0. The van der Waals surface area contributed by atoms with Crippen molar-refractivity contribution < 1.29 is 19.1 Å². The zero-order valence-corrected chi connectivity index (χ0v) is 20.9. The van der Waals surface area contributed by atoms with Crippen LogP contribution < -0.4 is 15.0 Å². The summed E-state index contributed by atoms with van der Waals surface area (Å²) in [5, 5.41) is 2.97. The van der Waals surface area contributed by atoms with Crippen LogP contribution in [0.4, 0.5) is 5.69 Å². The van der Waals surface area contributed by atoms with E-state index >= 15 is 0 Å². The van der Waals surface area contributed by atoms with E-state index in [-0.39, 0.29) is 42.3 Å². The summed E-state index contributed by atoms with van der Waals surface area (Å²) in [4.78, 5) is 42.1. The predicted octanol–water partition coefficient (Wildman–Crippen LogP) is 3.91. The predicted molar refractivity (Wildman–Crippen MR) is 136 cm³/mol. The minimum Gasteiger partial charge on any atom is -0.482 e. The average molecular weight is 478 g/mol. The lowest BCUT2D eigenvalue weighted by Gasteiger charge is -2.38. The molecular formula is C28H35N3O4. The maximum atomic E-state index is 13.4. The summed E-state index contributed by atoms with van der Waals surface area (Å²) in [5.41, 5.74) is 2.28. The summed E-state index contributed by atoms with van der Waals surface area (Å²) in [5.74, 6) is 0.251. The lowest BCUT2D eigenvalue weighted by Crippen LogP contribution is -2.51. The maximum Gasteiger partial charge on any atom is 0.265 e. The van der Waals surface area contributed by atoms with Crippen molar-refractivity contribution in [2.24, 2.45) is 0 Å². The number of carbonyl (C=O) groups is 3. The molecule has 2 aromatic carbocycles. The molecule has 0 spiro atoms. The fourth-order valence-electron chi connectivity index (χ4n) is 4.74. The van der Waals surface area contributed by atoms with E-state index in [1.165, 1.54) is 0 Å². The number of rotatable bonds is 6. The van der Waals surface area contributed by atoms with Crippen LogP contribution in [0.15, 0.2) is 48.5 Å². The second-order valence-corrected chi connectivity index (χ2v) is 10.3. The van der Waals surface area contributed by atoms with Crippen LogP contribution >= 0.6 is 0 Å². The van der Waals surface area contributed by atoms with E-state index in [0.29, 0.717) is 36.5 Å². The summed E-state index contributed by atoms with van der Waals surface area (Å²) < 4.78 is 5.64. The molecule has 0 bridgehead atoms. The molecule has 2 aromatic rings. The molecule has 4 rings (SSSR count). The zero-order valence-electron chi connectivity index (χ0n) is 20.9. The zero-order chi connectivity index (χ0) is 25.0. The third-order valence-electron chi connectivity index (χ3n) is 6.81. The van der Waals surface area contributed by atoms with Gasteiger partial charge in [0.05, 0.1) is 5.69 Å². The highest BCUT2D eigenvalue weighted by atomic mass is 16.5. The van der Waals surface area contributed by atoms with Crippen LogP contribution in [0.2, 0.25) is 0 Å². The maximum absolute atomic E-state index is 13.4. The van der Waals surface area contributed by atoms with Gasteiger partial charge in [0, 0.05) is 24.7 Å². The highest BCUT2D eigenvalue weighted by molar-refractivity contribution is 6.02. The van der Waals surface area contributed by atoms with Crippen molar-refractivity contribution >= 4 is 23.4 Å². The van der Waals surface area contributed by atoms with Gasteiger partial charge in [-0.3, -0.25) is 19.3 Å². The molecule has 0 saturated carbocycles. The first-order valence-corrected chi connectivity index (χ1v) is 12.4. The lowest BCUT2D eigenvalue weighted by atomic mass is 9.86. The molecule has 0 radical (unpaired) electrons. The van der Waals surface area contributed by atoms with Crippen LogP contribution in [-0.2, 0) is 15.0 Å². The number of ether oxygens (including phenoxy) is 1. The van der Waals surface area contributed by atoms with Crippen LogP contribution in [0, 0.1) is 0 Å². The van der Waals surface area contributed by atoms with Gasteiger partial charge in [0.1, 0.15) is 12.3 Å². The molecule has 1 atom stereocenters. The highest BCUT2D eigenvalue weighted by Crippen LogP contribution is 2.36. The summed E-state index contributed by atoms with van der Waals surface area (Å²) in [6.07, 6.45) is 3.58. The number of piperidine rings is 1. The van der Waals surface area contributed by atoms with E-state index in [2.05, 4.69) is 26.1 Å². The highest BCUT2D eigenvalue weighted by Gasteiger charge is 2.33. The molecule has 0 aromatic heterocycles. The first-order chi connectivity index (χ1) is 16.7. The summed E-state index contributed by atoms with van der Waals surface area (Å²) in [7, 11) is 0. The first kappa shape index (κ1) is 24.8. The Labute approximate surface area is 207 Å². The van der Waals surface area contributed by atoms with Gasteiger partial charge in [0.25, 0.3) is 11.8 Å². The van der Waals surface area contributed by atoms with Crippen LogP contribution in [0.1, 0.15) is 62.4 Å². The lowest BCUT2D eigenvalue weighted by molar-refractivity contribution is -0.135. The molecule has 1 fully saturated rings. The van der Waals surface area contributed by atoms with Crippen molar-refractivity contribution in [2.45, 2.75) is 57.9 Å². The second kappa shape index (κ2) is 10.5. The van der Waals surface area contributed by atoms with Crippen LogP contribution in [-0.4, -0.2) is 54.9 Å². The second-order valence-electron chi connectivity index (χ2n) is 10.3. The van der Waals surface area contributed by atoms with E-state index < -0.39 is 0 Å². The average Bonchev–Trinajstić information content (AvgIpc) is 2.85. The van der Waals surface area contributed by atoms with Gasteiger partial charge >= 0.3 is 0 Å². The molecule has 7 nitrogen and oxygen atoms in total. The summed E-state index contributed by atoms with van der Waals surface area (Å²) in [6, 6.07) is 15.0. The van der Waals surface area contributed by atoms with Gasteiger partial charge in [-0.15, -0.1) is 0 Å². The molecule has 1 unspecified atom stereocenters. The largest absolute Gasteiger partial charge is 0.482 e. The number of hydrogen-bond donors (Lipinski definition) is 1. The van der Waals surface area contributed by atoms with Gasteiger partial charge < -0.3 is 15.0 Å². The Hall–Kier alpha value is -3.35. The normalized spacial score (nSPS) is 18.0.